The van der Waals surface area contributed by atoms with Gasteiger partial charge in [-0.3, -0.25) is 0 Å². The average Bonchev–Trinajstić information content (AvgIpc) is 2.81. The predicted octanol–water partition coefficient (Wildman–Crippen LogP) is 4.62. The van der Waals surface area contributed by atoms with Crippen molar-refractivity contribution in [2.45, 2.75) is 13.3 Å². The van der Waals surface area contributed by atoms with Crippen molar-refractivity contribution < 1.29 is 0 Å². The van der Waals surface area contributed by atoms with E-state index >= 15 is 0 Å². The second-order valence-electron chi connectivity index (χ2n) is 5.82. The van der Waals surface area contributed by atoms with Crippen LogP contribution in [0.5, 0.6) is 0 Å². The summed E-state index contributed by atoms with van der Waals surface area (Å²) in [7, 11) is 4.24. The zero-order chi connectivity index (χ0) is 14.8. The molecule has 106 valence electrons. The summed E-state index contributed by atoms with van der Waals surface area (Å²) < 4.78 is 0. The maximum atomic E-state index is 2.28. The van der Waals surface area contributed by atoms with Gasteiger partial charge in [-0.2, -0.15) is 0 Å². The molecule has 0 saturated heterocycles. The normalized spacial score (nSPS) is 14.3. The van der Waals surface area contributed by atoms with Gasteiger partial charge in [-0.25, -0.2) is 0 Å². The van der Waals surface area contributed by atoms with Gasteiger partial charge in [0.25, 0.3) is 0 Å². The van der Waals surface area contributed by atoms with E-state index in [-0.39, 0.29) is 0 Å². The highest BCUT2D eigenvalue weighted by Crippen LogP contribution is 2.38. The molecule has 1 nitrogen and oxygen atoms in total. The lowest BCUT2D eigenvalue weighted by Crippen LogP contribution is -2.12. The van der Waals surface area contributed by atoms with Crippen molar-refractivity contribution in [3.8, 4) is 0 Å². The highest BCUT2D eigenvalue weighted by atomic mass is 15.1. The maximum absolute atomic E-state index is 2.28. The van der Waals surface area contributed by atoms with Gasteiger partial charge in [-0.1, -0.05) is 60.2 Å². The molecule has 2 aromatic rings. The van der Waals surface area contributed by atoms with Gasteiger partial charge in [0, 0.05) is 25.4 Å². The summed E-state index contributed by atoms with van der Waals surface area (Å²) in [6.45, 7) is 2.25. The smallest absolute Gasteiger partial charge is 0.0446 e. The predicted molar refractivity (Wildman–Crippen MR) is 90.8 cm³/mol. The molecule has 0 aliphatic heterocycles. The van der Waals surface area contributed by atoms with Gasteiger partial charge in [0.15, 0.2) is 0 Å². The molecular weight excluding hydrogens is 254 g/mol. The monoisotopic (exact) mass is 275 g/mol. The van der Waals surface area contributed by atoms with Crippen molar-refractivity contribution in [3.63, 3.8) is 0 Å². The third-order valence-corrected chi connectivity index (χ3v) is 4.01. The van der Waals surface area contributed by atoms with Gasteiger partial charge in [0.1, 0.15) is 0 Å². The van der Waals surface area contributed by atoms with Crippen molar-refractivity contribution in [2.75, 3.05) is 14.1 Å². The Labute approximate surface area is 127 Å². The Hall–Kier alpha value is -2.28. The van der Waals surface area contributed by atoms with Crippen molar-refractivity contribution >= 4 is 11.6 Å². The van der Waals surface area contributed by atoms with Crippen LogP contribution in [0.25, 0.3) is 11.6 Å². The molecule has 0 saturated carbocycles. The fraction of sp³-hybridized carbons (Fsp3) is 0.200. The Morgan fingerprint density at radius 2 is 1.62 bits per heavy atom. The number of allylic oxidation sites excluding steroid dienone is 2. The summed E-state index contributed by atoms with van der Waals surface area (Å²) in [5.41, 5.74) is 8.18. The summed E-state index contributed by atoms with van der Waals surface area (Å²) in [6.07, 6.45) is 3.34. The lowest BCUT2D eigenvalue weighted by Gasteiger charge is -2.21. The lowest BCUT2D eigenvalue weighted by atomic mass is 10.00. The molecule has 0 fully saturated rings. The molecule has 0 unspecified atom stereocenters. The second kappa shape index (κ2) is 5.61. The molecule has 0 aromatic heterocycles. The summed E-state index contributed by atoms with van der Waals surface area (Å²) in [5, 5.41) is 0. The first-order valence-corrected chi connectivity index (χ1v) is 7.39. The Kier molecular flexibility index (Phi) is 3.66. The minimum Gasteiger partial charge on any atom is -0.377 e. The maximum Gasteiger partial charge on any atom is 0.0446 e. The van der Waals surface area contributed by atoms with E-state index in [9.17, 15) is 0 Å². The molecule has 1 aliphatic rings. The fourth-order valence-electron chi connectivity index (χ4n) is 3.01. The molecule has 0 N–H and O–H groups in total. The van der Waals surface area contributed by atoms with Crippen LogP contribution in [0.15, 0.2) is 65.9 Å². The Morgan fingerprint density at radius 1 is 0.952 bits per heavy atom. The molecule has 0 bridgehead atoms. The van der Waals surface area contributed by atoms with Crippen molar-refractivity contribution in [1.82, 2.24) is 4.90 Å². The van der Waals surface area contributed by atoms with Gasteiger partial charge in [0.05, 0.1) is 0 Å². The van der Waals surface area contributed by atoms with Crippen LogP contribution in [0.1, 0.15) is 23.6 Å². The van der Waals surface area contributed by atoms with Gasteiger partial charge < -0.3 is 4.90 Å². The van der Waals surface area contributed by atoms with E-state index in [2.05, 4.69) is 86.6 Å². The zero-order valence-electron chi connectivity index (χ0n) is 12.9. The van der Waals surface area contributed by atoms with Crippen LogP contribution in [0.4, 0.5) is 0 Å². The first-order chi connectivity index (χ1) is 10.2. The number of fused-ring (bicyclic) bond motifs is 1. The van der Waals surface area contributed by atoms with Crippen molar-refractivity contribution in [2.24, 2.45) is 0 Å². The zero-order valence-corrected chi connectivity index (χ0v) is 12.9. The van der Waals surface area contributed by atoms with Crippen molar-refractivity contribution in [1.29, 1.82) is 0 Å². The lowest BCUT2D eigenvalue weighted by molar-refractivity contribution is 0.538. The first kappa shape index (κ1) is 13.7. The summed E-state index contributed by atoms with van der Waals surface area (Å²) in [4.78, 5) is 2.22. The quantitative estimate of drug-likeness (QED) is 0.790. The molecule has 3 rings (SSSR count). The van der Waals surface area contributed by atoms with E-state index in [0.717, 1.165) is 6.42 Å². The Balaban J connectivity index is 2.11. The van der Waals surface area contributed by atoms with Crippen LogP contribution in [0, 0.1) is 0 Å². The first-order valence-electron chi connectivity index (χ1n) is 7.39. The molecule has 21 heavy (non-hydrogen) atoms. The number of benzene rings is 2. The molecule has 1 heteroatoms. The van der Waals surface area contributed by atoms with Gasteiger partial charge in [-0.15, -0.1) is 0 Å². The topological polar surface area (TPSA) is 3.24 Å². The Morgan fingerprint density at radius 3 is 2.33 bits per heavy atom. The number of rotatable bonds is 3. The SMILES string of the molecule is CC1=C(/C(=C\c2ccccc2)N(C)C)c2ccccc2C1. The van der Waals surface area contributed by atoms with E-state index in [4.69, 9.17) is 0 Å². The third-order valence-electron chi connectivity index (χ3n) is 4.01. The van der Waals surface area contributed by atoms with Crippen LogP contribution >= 0.6 is 0 Å². The van der Waals surface area contributed by atoms with E-state index in [1.165, 1.54) is 33.5 Å². The van der Waals surface area contributed by atoms with E-state index in [0.29, 0.717) is 0 Å². The van der Waals surface area contributed by atoms with Crippen LogP contribution in [0.2, 0.25) is 0 Å². The van der Waals surface area contributed by atoms with Crippen LogP contribution in [-0.2, 0) is 6.42 Å². The highest BCUT2D eigenvalue weighted by molar-refractivity contribution is 5.89. The summed E-state index contributed by atoms with van der Waals surface area (Å²) in [5.74, 6) is 0. The summed E-state index contributed by atoms with van der Waals surface area (Å²) >= 11 is 0. The van der Waals surface area contributed by atoms with Gasteiger partial charge in [0.2, 0.25) is 0 Å². The summed E-state index contributed by atoms with van der Waals surface area (Å²) in [6, 6.07) is 19.3. The fourth-order valence-corrected chi connectivity index (χ4v) is 3.01. The molecule has 0 heterocycles. The number of nitrogens with zero attached hydrogens (tertiary/aromatic N) is 1. The molecule has 2 aromatic carbocycles. The number of likely N-dealkylation sites (N-methyl/N-ethyl adjacent to an activating group) is 1. The number of hydrogen-bond acceptors (Lipinski definition) is 1. The largest absolute Gasteiger partial charge is 0.377 e. The van der Waals surface area contributed by atoms with E-state index < -0.39 is 0 Å². The highest BCUT2D eigenvalue weighted by Gasteiger charge is 2.22. The van der Waals surface area contributed by atoms with Gasteiger partial charge in [-0.05, 0) is 36.1 Å². The van der Waals surface area contributed by atoms with E-state index in [1.54, 1.807) is 0 Å². The van der Waals surface area contributed by atoms with E-state index in [1.807, 2.05) is 0 Å². The molecular formula is C20H21N. The number of hydrogen-bond donors (Lipinski definition) is 0. The molecule has 0 atom stereocenters. The minimum absolute atomic E-state index is 1.06. The molecule has 1 aliphatic carbocycles. The Bertz CT molecular complexity index is 706. The van der Waals surface area contributed by atoms with Crippen LogP contribution < -0.4 is 0 Å². The van der Waals surface area contributed by atoms with Crippen LogP contribution in [0.3, 0.4) is 0 Å². The molecule has 0 radical (unpaired) electrons. The second-order valence-corrected chi connectivity index (χ2v) is 5.82. The molecule has 0 amide bonds. The average molecular weight is 275 g/mol. The van der Waals surface area contributed by atoms with Crippen molar-refractivity contribution in [3.05, 3.63) is 82.6 Å². The van der Waals surface area contributed by atoms with Gasteiger partial charge >= 0.3 is 0 Å². The standard InChI is InChI=1S/C20H21N/c1-15-13-17-11-7-8-12-18(17)20(15)19(21(2)3)14-16-9-5-4-6-10-16/h4-12,14H,13H2,1-3H3/b19-14+. The van der Waals surface area contributed by atoms with Crippen LogP contribution in [-0.4, -0.2) is 19.0 Å². The minimum atomic E-state index is 1.06. The third kappa shape index (κ3) is 2.64. The molecule has 0 spiro atoms.